The number of rotatable bonds is 8. The molecular weight excluding hydrogens is 382 g/mol. The van der Waals surface area contributed by atoms with E-state index in [0.29, 0.717) is 11.9 Å². The smallest absolute Gasteiger partial charge is 0.257 e. The Morgan fingerprint density at radius 1 is 0.968 bits per heavy atom. The van der Waals surface area contributed by atoms with Crippen molar-refractivity contribution in [1.29, 1.82) is 0 Å². The van der Waals surface area contributed by atoms with Crippen LogP contribution in [-0.2, 0) is 11.2 Å². The van der Waals surface area contributed by atoms with Gasteiger partial charge in [0.05, 0.1) is 0 Å². The molecule has 1 unspecified atom stereocenters. The second-order valence-corrected chi connectivity index (χ2v) is 10.5. The number of likely N-dealkylation sites (N-methyl/N-ethyl adjacent to an activating group) is 1. The number of nitrogens with two attached hydrogens (primary N) is 1. The Morgan fingerprint density at radius 3 is 2.39 bits per heavy atom. The average molecular weight is 424 g/mol. The van der Waals surface area contributed by atoms with Gasteiger partial charge in [-0.05, 0) is 61.8 Å². The number of carbonyl (C=O) groups is 1. The number of amides is 1. The normalized spacial score (nSPS) is 29.9. The zero-order chi connectivity index (χ0) is 21.7. The number of benzene rings is 1. The number of aryl methyl sites for hydroxylation is 1. The second-order valence-electron chi connectivity index (χ2n) is 10.5. The molecule has 0 spiro atoms. The van der Waals surface area contributed by atoms with Crippen molar-refractivity contribution in [3.05, 3.63) is 35.9 Å². The highest BCUT2D eigenvalue weighted by Crippen LogP contribution is 2.42. The number of carbonyl (C=O) groups excluding carboxylic acids is 1. The molecule has 170 valence electrons. The molecule has 1 aliphatic heterocycles. The van der Waals surface area contributed by atoms with Crippen LogP contribution in [0.2, 0.25) is 0 Å². The molecule has 4 heteroatoms. The van der Waals surface area contributed by atoms with E-state index in [0.717, 1.165) is 37.5 Å². The summed E-state index contributed by atoms with van der Waals surface area (Å²) in [5, 5.41) is 0. The molecule has 0 bridgehead atoms. The largest absolute Gasteiger partial charge is 0.369 e. The number of aliphatic imine (C=N–C) groups is 1. The molecule has 2 fully saturated rings. The van der Waals surface area contributed by atoms with Crippen molar-refractivity contribution in [2.24, 2.45) is 28.5 Å². The minimum absolute atomic E-state index is 0.146. The first kappa shape index (κ1) is 22.4. The molecule has 2 saturated carbocycles. The molecule has 2 aliphatic carbocycles. The Morgan fingerprint density at radius 2 is 1.68 bits per heavy atom. The monoisotopic (exact) mass is 423 g/mol. The molecule has 31 heavy (non-hydrogen) atoms. The van der Waals surface area contributed by atoms with Gasteiger partial charge in [0.2, 0.25) is 0 Å². The summed E-state index contributed by atoms with van der Waals surface area (Å²) in [5.41, 5.74) is 7.00. The first-order valence-electron chi connectivity index (χ1n) is 12.7. The lowest BCUT2D eigenvalue weighted by Crippen LogP contribution is -2.44. The maximum atomic E-state index is 13.3. The van der Waals surface area contributed by atoms with E-state index in [1.807, 2.05) is 0 Å². The highest BCUT2D eigenvalue weighted by Gasteiger charge is 2.47. The summed E-state index contributed by atoms with van der Waals surface area (Å²) in [4.78, 5) is 19.8. The van der Waals surface area contributed by atoms with Crippen LogP contribution in [0.25, 0.3) is 0 Å². The zero-order valence-electron chi connectivity index (χ0n) is 19.4. The van der Waals surface area contributed by atoms with Gasteiger partial charge >= 0.3 is 0 Å². The van der Waals surface area contributed by atoms with Crippen LogP contribution in [0.1, 0.15) is 89.0 Å². The van der Waals surface area contributed by atoms with Crippen LogP contribution in [0, 0.1) is 17.8 Å². The Bertz CT molecular complexity index is 755. The van der Waals surface area contributed by atoms with Gasteiger partial charge in [-0.2, -0.15) is 0 Å². The van der Waals surface area contributed by atoms with Gasteiger partial charge in [-0.15, -0.1) is 0 Å². The van der Waals surface area contributed by atoms with E-state index in [4.69, 9.17) is 10.7 Å². The molecule has 0 saturated heterocycles. The lowest BCUT2D eigenvalue weighted by atomic mass is 9.72. The summed E-state index contributed by atoms with van der Waals surface area (Å²) >= 11 is 0. The standard InChI is InChI=1S/C27H41N3O/c1-30-25(31)27(29-26(30)28,18-17-22-11-6-3-7-12-22)20-24-14-8-13-23(19-24)16-15-21-9-4-2-5-10-21/h2,4-5,9-10,22-24H,3,6-8,11-20H2,1H3,(H2,28,29)/t23?,24-,27-/m1/s1. The second kappa shape index (κ2) is 10.2. The number of nitrogens with zero attached hydrogens (tertiary/aromatic N) is 2. The predicted molar refractivity (Wildman–Crippen MR) is 128 cm³/mol. The van der Waals surface area contributed by atoms with E-state index in [2.05, 4.69) is 30.3 Å². The van der Waals surface area contributed by atoms with Crippen LogP contribution in [0.15, 0.2) is 35.3 Å². The summed E-state index contributed by atoms with van der Waals surface area (Å²) in [7, 11) is 1.80. The molecular formula is C27H41N3O. The third-order valence-electron chi connectivity index (χ3n) is 8.27. The molecule has 4 nitrogen and oxygen atoms in total. The third-order valence-corrected chi connectivity index (χ3v) is 8.27. The van der Waals surface area contributed by atoms with Gasteiger partial charge < -0.3 is 5.73 Å². The molecule has 3 atom stereocenters. The maximum Gasteiger partial charge on any atom is 0.257 e. The lowest BCUT2D eigenvalue weighted by molar-refractivity contribution is -0.131. The first-order chi connectivity index (χ1) is 15.1. The zero-order valence-corrected chi connectivity index (χ0v) is 19.4. The molecule has 2 N–H and O–H groups in total. The van der Waals surface area contributed by atoms with Crippen molar-refractivity contribution < 1.29 is 4.79 Å². The Hall–Kier alpha value is -1.84. The topological polar surface area (TPSA) is 58.7 Å². The van der Waals surface area contributed by atoms with Gasteiger partial charge in [-0.1, -0.05) is 81.7 Å². The SMILES string of the molecule is CN1C(=O)[C@@](CCC2CCCCC2)(C[C@@H]2CCCC(CCc3ccccc3)C2)N=C1N. The highest BCUT2D eigenvalue weighted by molar-refractivity contribution is 6.06. The van der Waals surface area contributed by atoms with Crippen molar-refractivity contribution in [2.45, 2.75) is 95.4 Å². The summed E-state index contributed by atoms with van der Waals surface area (Å²) in [6.07, 6.45) is 17.1. The summed E-state index contributed by atoms with van der Waals surface area (Å²) in [5.74, 6) is 2.70. The fraction of sp³-hybridized carbons (Fsp3) is 0.704. The lowest BCUT2D eigenvalue weighted by Gasteiger charge is -2.35. The van der Waals surface area contributed by atoms with Crippen molar-refractivity contribution in [3.63, 3.8) is 0 Å². The van der Waals surface area contributed by atoms with Gasteiger partial charge in [-0.25, -0.2) is 4.99 Å². The minimum Gasteiger partial charge on any atom is -0.369 e. The van der Waals surface area contributed by atoms with Crippen LogP contribution in [-0.4, -0.2) is 29.4 Å². The Labute approximate surface area is 188 Å². The van der Waals surface area contributed by atoms with Gasteiger partial charge in [0.15, 0.2) is 5.96 Å². The van der Waals surface area contributed by atoms with E-state index in [1.165, 1.54) is 69.8 Å². The first-order valence-corrected chi connectivity index (χ1v) is 12.7. The van der Waals surface area contributed by atoms with Crippen LogP contribution in [0.4, 0.5) is 0 Å². The third kappa shape index (κ3) is 5.51. The molecule has 3 aliphatic rings. The van der Waals surface area contributed by atoms with Crippen LogP contribution < -0.4 is 5.73 Å². The fourth-order valence-electron chi connectivity index (χ4n) is 6.42. The maximum absolute atomic E-state index is 13.3. The predicted octanol–water partition coefficient (Wildman–Crippen LogP) is 5.70. The summed E-state index contributed by atoms with van der Waals surface area (Å²) in [6, 6.07) is 10.9. The van der Waals surface area contributed by atoms with E-state index >= 15 is 0 Å². The van der Waals surface area contributed by atoms with Gasteiger partial charge in [0.1, 0.15) is 5.54 Å². The Kier molecular flexibility index (Phi) is 7.35. The molecule has 1 aromatic rings. The average Bonchev–Trinajstić information content (AvgIpc) is 3.01. The van der Waals surface area contributed by atoms with Crippen LogP contribution in [0.5, 0.6) is 0 Å². The molecule has 1 heterocycles. The summed E-state index contributed by atoms with van der Waals surface area (Å²) in [6.45, 7) is 0. The van der Waals surface area contributed by atoms with Crippen LogP contribution >= 0.6 is 0 Å². The van der Waals surface area contributed by atoms with Crippen LogP contribution in [0.3, 0.4) is 0 Å². The van der Waals surface area contributed by atoms with E-state index in [-0.39, 0.29) is 5.91 Å². The fourth-order valence-corrected chi connectivity index (χ4v) is 6.42. The minimum atomic E-state index is -0.595. The number of guanidine groups is 1. The Balaban J connectivity index is 1.38. The number of hydrogen-bond donors (Lipinski definition) is 1. The number of hydrogen-bond acceptors (Lipinski definition) is 3. The van der Waals surface area contributed by atoms with Gasteiger partial charge in [0, 0.05) is 7.05 Å². The van der Waals surface area contributed by atoms with Crippen molar-refractivity contribution in [1.82, 2.24) is 4.90 Å². The summed E-state index contributed by atoms with van der Waals surface area (Å²) < 4.78 is 0. The van der Waals surface area contributed by atoms with Gasteiger partial charge in [0.25, 0.3) is 5.91 Å². The molecule has 0 aromatic heterocycles. The molecule has 4 rings (SSSR count). The molecule has 0 radical (unpaired) electrons. The van der Waals surface area contributed by atoms with E-state index in [1.54, 1.807) is 11.9 Å². The van der Waals surface area contributed by atoms with E-state index < -0.39 is 5.54 Å². The highest BCUT2D eigenvalue weighted by atomic mass is 16.2. The van der Waals surface area contributed by atoms with Crippen molar-refractivity contribution >= 4 is 11.9 Å². The van der Waals surface area contributed by atoms with Gasteiger partial charge in [-0.3, -0.25) is 9.69 Å². The molecule has 1 aromatic carbocycles. The molecule has 1 amide bonds. The van der Waals surface area contributed by atoms with Crippen molar-refractivity contribution in [3.8, 4) is 0 Å². The quantitative estimate of drug-likeness (QED) is 0.583. The van der Waals surface area contributed by atoms with E-state index in [9.17, 15) is 4.79 Å². The van der Waals surface area contributed by atoms with Crippen molar-refractivity contribution in [2.75, 3.05) is 7.05 Å².